The van der Waals surface area contributed by atoms with Crippen molar-refractivity contribution in [2.75, 3.05) is 5.32 Å². The number of aryl methyl sites for hydroxylation is 2. The standard InChI is InChI=1S/C12H15N3O3/c1-6-5-8(9(10(13)16)7(2)14-6)15-12(3-4-12)11(17)18/h5H,3-4H2,1-2H3,(H2,13,16)(H,14,15)(H,17,18). The first-order valence-electron chi connectivity index (χ1n) is 5.65. The molecule has 18 heavy (non-hydrogen) atoms. The fraction of sp³-hybridized carbons (Fsp3) is 0.417. The molecule has 2 rings (SSSR count). The van der Waals surface area contributed by atoms with Gasteiger partial charge in [0, 0.05) is 5.69 Å². The van der Waals surface area contributed by atoms with Crippen molar-refractivity contribution in [3.63, 3.8) is 0 Å². The summed E-state index contributed by atoms with van der Waals surface area (Å²) in [5.41, 5.74) is 6.28. The molecule has 0 bridgehead atoms. The predicted octanol–water partition coefficient (Wildman–Crippen LogP) is 0.826. The van der Waals surface area contributed by atoms with Crippen molar-refractivity contribution in [1.29, 1.82) is 0 Å². The van der Waals surface area contributed by atoms with Gasteiger partial charge in [0.05, 0.1) is 16.9 Å². The van der Waals surface area contributed by atoms with Gasteiger partial charge in [-0.25, -0.2) is 4.79 Å². The lowest BCUT2D eigenvalue weighted by Gasteiger charge is -2.17. The Morgan fingerprint density at radius 3 is 2.50 bits per heavy atom. The van der Waals surface area contributed by atoms with Crippen LogP contribution in [0.3, 0.4) is 0 Å². The van der Waals surface area contributed by atoms with Gasteiger partial charge in [0.25, 0.3) is 5.91 Å². The van der Waals surface area contributed by atoms with Crippen LogP contribution in [0.4, 0.5) is 5.69 Å². The lowest BCUT2D eigenvalue weighted by Crippen LogP contribution is -2.33. The number of rotatable bonds is 4. The minimum Gasteiger partial charge on any atom is -0.480 e. The third kappa shape index (κ3) is 2.01. The Bertz CT molecular complexity index is 536. The van der Waals surface area contributed by atoms with Crippen molar-refractivity contribution in [2.45, 2.75) is 32.2 Å². The highest BCUT2D eigenvalue weighted by atomic mass is 16.4. The summed E-state index contributed by atoms with van der Waals surface area (Å²) in [5, 5.41) is 12.1. The molecule has 4 N–H and O–H groups in total. The number of carboxylic acids is 1. The van der Waals surface area contributed by atoms with E-state index in [0.29, 0.717) is 29.9 Å². The molecule has 1 heterocycles. The van der Waals surface area contributed by atoms with Crippen molar-refractivity contribution in [1.82, 2.24) is 4.98 Å². The molecule has 1 aliphatic rings. The van der Waals surface area contributed by atoms with Crippen LogP contribution >= 0.6 is 0 Å². The van der Waals surface area contributed by atoms with Crippen LogP contribution in [-0.2, 0) is 4.79 Å². The lowest BCUT2D eigenvalue weighted by atomic mass is 10.1. The van der Waals surface area contributed by atoms with Gasteiger partial charge in [0.15, 0.2) is 0 Å². The third-order valence-electron chi connectivity index (χ3n) is 3.11. The number of aliphatic carboxylic acids is 1. The topological polar surface area (TPSA) is 105 Å². The number of nitrogens with one attached hydrogen (secondary N) is 1. The zero-order valence-corrected chi connectivity index (χ0v) is 10.3. The van der Waals surface area contributed by atoms with Crippen molar-refractivity contribution >= 4 is 17.6 Å². The minimum atomic E-state index is -0.954. The zero-order valence-electron chi connectivity index (χ0n) is 10.3. The minimum absolute atomic E-state index is 0.258. The number of nitrogens with two attached hydrogens (primary N) is 1. The molecule has 0 aromatic carbocycles. The predicted molar refractivity (Wildman–Crippen MR) is 65.5 cm³/mol. The van der Waals surface area contributed by atoms with Crippen LogP contribution in [0.15, 0.2) is 6.07 Å². The first-order chi connectivity index (χ1) is 8.35. The number of amides is 1. The molecule has 0 spiro atoms. The van der Waals surface area contributed by atoms with Crippen molar-refractivity contribution in [3.8, 4) is 0 Å². The van der Waals surface area contributed by atoms with E-state index in [1.807, 2.05) is 0 Å². The summed E-state index contributed by atoms with van der Waals surface area (Å²) >= 11 is 0. The van der Waals surface area contributed by atoms with E-state index in [0.717, 1.165) is 0 Å². The van der Waals surface area contributed by atoms with Gasteiger partial charge >= 0.3 is 5.97 Å². The SMILES string of the molecule is Cc1cc(NC2(C(=O)O)CC2)c(C(N)=O)c(C)n1. The first-order valence-corrected chi connectivity index (χ1v) is 5.65. The van der Waals surface area contributed by atoms with E-state index in [1.54, 1.807) is 19.9 Å². The summed E-state index contributed by atoms with van der Waals surface area (Å²) in [4.78, 5) is 26.7. The van der Waals surface area contributed by atoms with Crippen LogP contribution in [0, 0.1) is 13.8 Å². The van der Waals surface area contributed by atoms with E-state index in [-0.39, 0.29) is 5.56 Å². The van der Waals surface area contributed by atoms with Crippen LogP contribution in [0.2, 0.25) is 0 Å². The molecule has 0 unspecified atom stereocenters. The first kappa shape index (κ1) is 12.3. The molecule has 0 saturated heterocycles. The van der Waals surface area contributed by atoms with E-state index in [9.17, 15) is 9.59 Å². The number of hydrogen-bond donors (Lipinski definition) is 3. The number of pyridine rings is 1. The average Bonchev–Trinajstić information content (AvgIpc) is 2.96. The Balaban J connectivity index is 2.44. The van der Waals surface area contributed by atoms with Crippen LogP contribution in [0.5, 0.6) is 0 Å². The van der Waals surface area contributed by atoms with Gasteiger partial charge in [-0.05, 0) is 32.8 Å². The number of nitrogens with zero attached hydrogens (tertiary/aromatic N) is 1. The summed E-state index contributed by atoms with van der Waals surface area (Å²) in [6, 6.07) is 1.65. The molecule has 0 aliphatic heterocycles. The number of carboxylic acid groups (broad SMARTS) is 1. The summed E-state index contributed by atoms with van der Waals surface area (Å²) < 4.78 is 0. The Morgan fingerprint density at radius 2 is 2.06 bits per heavy atom. The Labute approximate surface area is 104 Å². The van der Waals surface area contributed by atoms with E-state index >= 15 is 0 Å². The molecule has 1 fully saturated rings. The highest BCUT2D eigenvalue weighted by Gasteiger charge is 2.51. The van der Waals surface area contributed by atoms with Crippen molar-refractivity contribution < 1.29 is 14.7 Å². The monoisotopic (exact) mass is 249 g/mol. The molecule has 1 amide bonds. The van der Waals surface area contributed by atoms with Crippen LogP contribution in [0.1, 0.15) is 34.6 Å². The molecule has 1 saturated carbocycles. The summed E-state index contributed by atoms with van der Waals surface area (Å²) in [6.45, 7) is 3.46. The Kier molecular flexibility index (Phi) is 2.73. The second-order valence-electron chi connectivity index (χ2n) is 4.65. The van der Waals surface area contributed by atoms with Gasteiger partial charge in [0.1, 0.15) is 5.54 Å². The fourth-order valence-electron chi connectivity index (χ4n) is 2.01. The van der Waals surface area contributed by atoms with Gasteiger partial charge in [0.2, 0.25) is 0 Å². The normalized spacial score (nSPS) is 16.1. The van der Waals surface area contributed by atoms with Crippen molar-refractivity contribution in [3.05, 3.63) is 23.0 Å². The molecule has 6 nitrogen and oxygen atoms in total. The van der Waals surface area contributed by atoms with Gasteiger partial charge in [-0.3, -0.25) is 9.78 Å². The molecule has 1 aromatic heterocycles. The van der Waals surface area contributed by atoms with E-state index in [4.69, 9.17) is 10.8 Å². The van der Waals surface area contributed by atoms with Gasteiger partial charge < -0.3 is 16.2 Å². The molecule has 1 aliphatic carbocycles. The number of aromatic nitrogens is 1. The number of carbonyl (C=O) groups excluding carboxylic acids is 1. The maximum atomic E-state index is 11.4. The second kappa shape index (κ2) is 3.97. The van der Waals surface area contributed by atoms with Crippen LogP contribution in [0.25, 0.3) is 0 Å². The van der Waals surface area contributed by atoms with E-state index in [2.05, 4.69) is 10.3 Å². The number of hydrogen-bond acceptors (Lipinski definition) is 4. The third-order valence-corrected chi connectivity index (χ3v) is 3.11. The fourth-order valence-corrected chi connectivity index (χ4v) is 2.01. The number of carbonyl (C=O) groups is 2. The average molecular weight is 249 g/mol. The summed E-state index contributed by atoms with van der Waals surface area (Å²) in [7, 11) is 0. The van der Waals surface area contributed by atoms with Gasteiger partial charge in [-0.1, -0.05) is 0 Å². The lowest BCUT2D eigenvalue weighted by molar-refractivity contribution is -0.138. The highest BCUT2D eigenvalue weighted by Crippen LogP contribution is 2.40. The van der Waals surface area contributed by atoms with Crippen molar-refractivity contribution in [2.24, 2.45) is 5.73 Å². The quantitative estimate of drug-likeness (QED) is 0.732. The smallest absolute Gasteiger partial charge is 0.329 e. The molecular weight excluding hydrogens is 234 g/mol. The summed E-state index contributed by atoms with van der Waals surface area (Å²) in [6.07, 6.45) is 1.09. The molecule has 96 valence electrons. The summed E-state index contributed by atoms with van der Waals surface area (Å²) in [5.74, 6) is -1.52. The van der Waals surface area contributed by atoms with Gasteiger partial charge in [-0.2, -0.15) is 0 Å². The van der Waals surface area contributed by atoms with E-state index < -0.39 is 17.4 Å². The number of anilines is 1. The maximum Gasteiger partial charge on any atom is 0.329 e. The molecule has 0 atom stereocenters. The molecule has 6 heteroatoms. The van der Waals surface area contributed by atoms with Gasteiger partial charge in [-0.15, -0.1) is 0 Å². The molecule has 0 radical (unpaired) electrons. The number of primary amides is 1. The maximum absolute atomic E-state index is 11.4. The molecular formula is C12H15N3O3. The van der Waals surface area contributed by atoms with E-state index in [1.165, 1.54) is 0 Å². The second-order valence-corrected chi connectivity index (χ2v) is 4.65. The van der Waals surface area contributed by atoms with Crippen LogP contribution in [-0.4, -0.2) is 27.5 Å². The largest absolute Gasteiger partial charge is 0.480 e. The van der Waals surface area contributed by atoms with Crippen LogP contribution < -0.4 is 11.1 Å². The Hall–Kier alpha value is -2.11. The zero-order chi connectivity index (χ0) is 13.5. The Morgan fingerprint density at radius 1 is 1.44 bits per heavy atom. The highest BCUT2D eigenvalue weighted by molar-refractivity contribution is 6.00. The molecule has 1 aromatic rings.